The second kappa shape index (κ2) is 3.76. The maximum atomic E-state index is 11.4. The molecular weight excluding hydrogens is 208 g/mol. The topological polar surface area (TPSA) is 107 Å². The van der Waals surface area contributed by atoms with Crippen LogP contribution in [0.4, 0.5) is 0 Å². The van der Waals surface area contributed by atoms with Crippen LogP contribution in [0.1, 0.15) is 0 Å². The number of primary amides is 1. The molecule has 0 saturated heterocycles. The molecule has 0 bridgehead atoms. The molecule has 0 fully saturated rings. The number of sulfonamides is 1. The summed E-state index contributed by atoms with van der Waals surface area (Å²) in [6.07, 6.45) is 2.51. The third-order valence-corrected chi connectivity index (χ3v) is 2.78. The molecule has 0 saturated carbocycles. The van der Waals surface area contributed by atoms with E-state index >= 15 is 0 Å². The number of aromatic nitrogens is 2. The maximum absolute atomic E-state index is 11.4. The van der Waals surface area contributed by atoms with Crippen molar-refractivity contribution in [2.24, 2.45) is 12.8 Å². The van der Waals surface area contributed by atoms with Crippen LogP contribution in [-0.2, 0) is 21.9 Å². The summed E-state index contributed by atoms with van der Waals surface area (Å²) in [5, 5.41) is 3.69. The molecule has 1 heterocycles. The Hall–Kier alpha value is -1.41. The molecule has 1 rings (SSSR count). The molecule has 0 aliphatic carbocycles. The number of aryl methyl sites for hydroxylation is 1. The molecule has 0 aliphatic heterocycles. The molecule has 0 unspecified atom stereocenters. The van der Waals surface area contributed by atoms with Gasteiger partial charge in [0, 0.05) is 13.2 Å². The van der Waals surface area contributed by atoms with E-state index in [0.29, 0.717) is 0 Å². The van der Waals surface area contributed by atoms with Crippen molar-refractivity contribution in [3.63, 3.8) is 0 Å². The molecule has 8 heteroatoms. The zero-order valence-corrected chi connectivity index (χ0v) is 8.28. The molecule has 0 radical (unpaired) electrons. The lowest BCUT2D eigenvalue weighted by Gasteiger charge is -2.00. The van der Waals surface area contributed by atoms with E-state index in [2.05, 4.69) is 5.10 Å². The van der Waals surface area contributed by atoms with E-state index in [1.54, 1.807) is 7.05 Å². The molecule has 7 nitrogen and oxygen atoms in total. The predicted molar refractivity (Wildman–Crippen MR) is 47.6 cm³/mol. The van der Waals surface area contributed by atoms with E-state index in [9.17, 15) is 13.2 Å². The molecule has 0 spiro atoms. The van der Waals surface area contributed by atoms with Crippen molar-refractivity contribution >= 4 is 15.9 Å². The molecule has 0 aliphatic rings. The second-order valence-electron chi connectivity index (χ2n) is 2.64. The summed E-state index contributed by atoms with van der Waals surface area (Å²) in [5.41, 5.74) is 4.80. The molecule has 78 valence electrons. The number of hydrogen-bond donors (Lipinski definition) is 2. The lowest BCUT2D eigenvalue weighted by atomic mass is 10.7. The largest absolute Gasteiger partial charge is 0.369 e. The number of nitrogens with one attached hydrogen (secondary N) is 1. The number of nitrogens with zero attached hydrogens (tertiary/aromatic N) is 2. The van der Waals surface area contributed by atoms with Gasteiger partial charge >= 0.3 is 0 Å². The molecular formula is C6H10N4O3S. The summed E-state index contributed by atoms with van der Waals surface area (Å²) in [6.45, 7) is -0.419. The lowest BCUT2D eigenvalue weighted by molar-refractivity contribution is -0.116. The average Bonchev–Trinajstić information content (AvgIpc) is 2.49. The van der Waals surface area contributed by atoms with Crippen LogP contribution >= 0.6 is 0 Å². The van der Waals surface area contributed by atoms with E-state index in [-0.39, 0.29) is 4.90 Å². The first-order valence-electron chi connectivity index (χ1n) is 3.68. The summed E-state index contributed by atoms with van der Waals surface area (Å²) in [5.74, 6) is -0.738. The lowest BCUT2D eigenvalue weighted by Crippen LogP contribution is -2.33. The summed E-state index contributed by atoms with van der Waals surface area (Å²) < 4.78 is 26.1. The van der Waals surface area contributed by atoms with Crippen LogP contribution in [0.2, 0.25) is 0 Å². The third-order valence-electron chi connectivity index (χ3n) is 1.43. The smallest absolute Gasteiger partial charge is 0.244 e. The normalized spacial score (nSPS) is 11.5. The molecule has 0 aromatic carbocycles. The quantitative estimate of drug-likeness (QED) is 0.620. The van der Waals surface area contributed by atoms with Gasteiger partial charge in [0.05, 0.1) is 12.7 Å². The van der Waals surface area contributed by atoms with Crippen molar-refractivity contribution in [3.05, 3.63) is 12.4 Å². The third kappa shape index (κ3) is 2.54. The highest BCUT2D eigenvalue weighted by Crippen LogP contribution is 2.04. The standard InChI is InChI=1S/C6H10N4O3S/c1-10-4-5(2-8-10)14(12,13)9-3-6(7)11/h2,4,9H,3H2,1H3,(H2,7,11). The van der Waals surface area contributed by atoms with E-state index < -0.39 is 22.5 Å². The minimum atomic E-state index is -3.67. The number of amides is 1. The van der Waals surface area contributed by atoms with Gasteiger partial charge in [0.2, 0.25) is 15.9 Å². The van der Waals surface area contributed by atoms with Crippen LogP contribution in [0, 0.1) is 0 Å². The summed E-state index contributed by atoms with van der Waals surface area (Å²) in [4.78, 5) is 10.4. The van der Waals surface area contributed by atoms with Gasteiger partial charge in [0.1, 0.15) is 4.90 Å². The Morgan fingerprint density at radius 2 is 2.36 bits per heavy atom. The van der Waals surface area contributed by atoms with Crippen molar-refractivity contribution in [2.75, 3.05) is 6.54 Å². The number of hydrogen-bond acceptors (Lipinski definition) is 4. The minimum Gasteiger partial charge on any atom is -0.369 e. The van der Waals surface area contributed by atoms with Gasteiger partial charge in [-0.15, -0.1) is 0 Å². The van der Waals surface area contributed by atoms with Crippen LogP contribution in [0.5, 0.6) is 0 Å². The van der Waals surface area contributed by atoms with Gasteiger partial charge in [-0.3, -0.25) is 9.48 Å². The second-order valence-corrected chi connectivity index (χ2v) is 4.41. The van der Waals surface area contributed by atoms with Gasteiger partial charge in [-0.25, -0.2) is 13.1 Å². The first kappa shape index (κ1) is 10.7. The fourth-order valence-corrected chi connectivity index (χ4v) is 1.76. The van der Waals surface area contributed by atoms with Crippen molar-refractivity contribution < 1.29 is 13.2 Å². The molecule has 3 N–H and O–H groups in total. The van der Waals surface area contributed by atoms with Crippen molar-refractivity contribution in [1.82, 2.24) is 14.5 Å². The van der Waals surface area contributed by atoms with Crippen LogP contribution < -0.4 is 10.5 Å². The van der Waals surface area contributed by atoms with Gasteiger partial charge in [0.15, 0.2) is 0 Å². The number of rotatable bonds is 4. The van der Waals surface area contributed by atoms with E-state index in [4.69, 9.17) is 5.73 Å². The molecule has 1 amide bonds. The Morgan fingerprint density at radius 3 is 2.79 bits per heavy atom. The fourth-order valence-electron chi connectivity index (χ4n) is 0.787. The Morgan fingerprint density at radius 1 is 1.71 bits per heavy atom. The van der Waals surface area contributed by atoms with Crippen LogP contribution in [0.3, 0.4) is 0 Å². The Kier molecular flexibility index (Phi) is 2.87. The van der Waals surface area contributed by atoms with Crippen molar-refractivity contribution in [3.8, 4) is 0 Å². The van der Waals surface area contributed by atoms with Crippen molar-refractivity contribution in [2.45, 2.75) is 4.90 Å². The van der Waals surface area contributed by atoms with Gasteiger partial charge in [0.25, 0.3) is 0 Å². The van der Waals surface area contributed by atoms with E-state index in [1.807, 2.05) is 4.72 Å². The van der Waals surface area contributed by atoms with Gasteiger partial charge < -0.3 is 5.73 Å². The van der Waals surface area contributed by atoms with Crippen LogP contribution in [-0.4, -0.2) is 30.7 Å². The average molecular weight is 218 g/mol. The Balaban J connectivity index is 2.81. The molecule has 1 aromatic heterocycles. The van der Waals surface area contributed by atoms with Crippen LogP contribution in [0.15, 0.2) is 17.3 Å². The highest BCUT2D eigenvalue weighted by Gasteiger charge is 2.15. The number of carbonyl (C=O) groups excluding carboxylic acids is 1. The number of carbonyl (C=O) groups is 1. The SMILES string of the molecule is Cn1cc(S(=O)(=O)NCC(N)=O)cn1. The summed E-state index contributed by atoms with van der Waals surface area (Å²) in [6, 6.07) is 0. The van der Waals surface area contributed by atoms with Crippen LogP contribution in [0.25, 0.3) is 0 Å². The predicted octanol–water partition coefficient (Wildman–Crippen LogP) is -1.82. The van der Waals surface area contributed by atoms with Gasteiger partial charge in [-0.2, -0.15) is 5.10 Å². The molecule has 1 aromatic rings. The van der Waals surface area contributed by atoms with Gasteiger partial charge in [-0.05, 0) is 0 Å². The van der Waals surface area contributed by atoms with Crippen molar-refractivity contribution in [1.29, 1.82) is 0 Å². The minimum absolute atomic E-state index is 0.00116. The van der Waals surface area contributed by atoms with E-state index in [0.717, 1.165) is 0 Å². The first-order chi connectivity index (χ1) is 6.42. The highest BCUT2D eigenvalue weighted by atomic mass is 32.2. The zero-order valence-electron chi connectivity index (χ0n) is 7.47. The highest BCUT2D eigenvalue weighted by molar-refractivity contribution is 7.89. The van der Waals surface area contributed by atoms with Gasteiger partial charge in [-0.1, -0.05) is 0 Å². The fraction of sp³-hybridized carbons (Fsp3) is 0.333. The Bertz CT molecular complexity index is 436. The summed E-state index contributed by atoms with van der Waals surface area (Å²) >= 11 is 0. The maximum Gasteiger partial charge on any atom is 0.244 e. The molecule has 0 atom stereocenters. The zero-order chi connectivity index (χ0) is 10.8. The number of nitrogens with two attached hydrogens (primary N) is 1. The van der Waals surface area contributed by atoms with E-state index in [1.165, 1.54) is 17.1 Å². The monoisotopic (exact) mass is 218 g/mol. The Labute approximate surface area is 80.9 Å². The molecule has 14 heavy (non-hydrogen) atoms. The summed E-state index contributed by atoms with van der Waals surface area (Å²) in [7, 11) is -2.08. The first-order valence-corrected chi connectivity index (χ1v) is 5.17.